The molecular formula is C25H19F3N2O3. The minimum Gasteiger partial charge on any atom is -0.325 e. The average molecular weight is 452 g/mol. The van der Waals surface area contributed by atoms with E-state index in [-0.39, 0.29) is 41.3 Å². The van der Waals surface area contributed by atoms with Crippen LogP contribution in [0, 0.1) is 0 Å². The third-order valence-electron chi connectivity index (χ3n) is 5.39. The molecule has 5 nitrogen and oxygen atoms in total. The number of fused-ring (bicyclic) bond motifs is 2. The van der Waals surface area contributed by atoms with Gasteiger partial charge < -0.3 is 5.32 Å². The molecule has 4 rings (SSSR count). The van der Waals surface area contributed by atoms with Gasteiger partial charge in [-0.25, -0.2) is 0 Å². The summed E-state index contributed by atoms with van der Waals surface area (Å²) < 4.78 is 39.6. The molecule has 0 saturated heterocycles. The van der Waals surface area contributed by atoms with E-state index in [0.29, 0.717) is 16.8 Å². The van der Waals surface area contributed by atoms with Crippen molar-refractivity contribution < 1.29 is 27.6 Å². The van der Waals surface area contributed by atoms with Gasteiger partial charge in [-0.3, -0.25) is 19.3 Å². The van der Waals surface area contributed by atoms with E-state index in [0.717, 1.165) is 6.07 Å². The van der Waals surface area contributed by atoms with Crippen LogP contribution in [0.1, 0.15) is 43.0 Å². The second kappa shape index (κ2) is 8.63. The van der Waals surface area contributed by atoms with Crippen molar-refractivity contribution in [2.45, 2.75) is 12.7 Å². The number of carbonyl (C=O) groups is 3. The molecule has 168 valence electrons. The Balaban J connectivity index is 1.46. The van der Waals surface area contributed by atoms with Crippen molar-refractivity contribution >= 4 is 23.2 Å². The first-order valence-corrected chi connectivity index (χ1v) is 10.1. The van der Waals surface area contributed by atoms with E-state index < -0.39 is 17.6 Å². The average Bonchev–Trinajstić information content (AvgIpc) is 2.77. The first-order valence-electron chi connectivity index (χ1n) is 10.1. The van der Waals surface area contributed by atoms with Crippen LogP contribution in [0.4, 0.5) is 18.9 Å². The zero-order valence-corrected chi connectivity index (χ0v) is 17.6. The van der Waals surface area contributed by atoms with Crippen molar-refractivity contribution in [1.29, 1.82) is 0 Å². The molecule has 0 radical (unpaired) electrons. The van der Waals surface area contributed by atoms with Crippen LogP contribution >= 0.6 is 0 Å². The summed E-state index contributed by atoms with van der Waals surface area (Å²) in [4.78, 5) is 39.4. The first kappa shape index (κ1) is 22.4. The molecule has 0 aliphatic heterocycles. The van der Waals surface area contributed by atoms with Crippen LogP contribution < -0.4 is 5.32 Å². The van der Waals surface area contributed by atoms with E-state index in [1.807, 2.05) is 0 Å². The Bertz CT molecular complexity index is 1270. The molecule has 1 N–H and O–H groups in total. The molecule has 0 bridgehead atoms. The highest BCUT2D eigenvalue weighted by atomic mass is 19.4. The number of carbonyl (C=O) groups excluding carboxylic acids is 3. The van der Waals surface area contributed by atoms with E-state index in [1.165, 1.54) is 41.3 Å². The van der Waals surface area contributed by atoms with Gasteiger partial charge in [0.05, 0.1) is 12.1 Å². The monoisotopic (exact) mass is 452 g/mol. The number of hydrogen-bond donors (Lipinski definition) is 1. The van der Waals surface area contributed by atoms with Crippen molar-refractivity contribution in [3.05, 3.63) is 100 Å². The Kier molecular flexibility index (Phi) is 5.86. The predicted molar refractivity (Wildman–Crippen MR) is 116 cm³/mol. The molecule has 0 saturated carbocycles. The number of nitrogens with one attached hydrogen (secondary N) is 1. The maximum absolute atomic E-state index is 13.2. The number of likely N-dealkylation sites (N-methyl/N-ethyl adjacent to an activating group) is 1. The van der Waals surface area contributed by atoms with Gasteiger partial charge in [0.25, 0.3) is 0 Å². The van der Waals surface area contributed by atoms with Gasteiger partial charge >= 0.3 is 6.18 Å². The van der Waals surface area contributed by atoms with Gasteiger partial charge in [-0.1, -0.05) is 42.5 Å². The zero-order chi connectivity index (χ0) is 23.8. The molecule has 0 unspecified atom stereocenters. The summed E-state index contributed by atoms with van der Waals surface area (Å²) in [6, 6.07) is 16.2. The fraction of sp³-hybridized carbons (Fsp3) is 0.160. The Morgan fingerprint density at radius 3 is 2.09 bits per heavy atom. The smallest absolute Gasteiger partial charge is 0.325 e. The van der Waals surface area contributed by atoms with Crippen LogP contribution in [0.2, 0.25) is 0 Å². The zero-order valence-electron chi connectivity index (χ0n) is 17.6. The molecule has 3 aromatic carbocycles. The van der Waals surface area contributed by atoms with Crippen LogP contribution in [-0.4, -0.2) is 36.0 Å². The van der Waals surface area contributed by atoms with Gasteiger partial charge in [-0.2, -0.15) is 13.2 Å². The van der Waals surface area contributed by atoms with Crippen LogP contribution in [0.15, 0.2) is 66.7 Å². The fourth-order valence-corrected chi connectivity index (χ4v) is 3.90. The first-order chi connectivity index (χ1) is 15.6. The SMILES string of the molecule is CN(CC(=O)Nc1ccc2c(c1)C(=O)c1ccccc1C2=O)Cc1ccccc1C(F)(F)F. The third kappa shape index (κ3) is 4.56. The molecule has 1 aliphatic rings. The van der Waals surface area contributed by atoms with Crippen molar-refractivity contribution in [3.63, 3.8) is 0 Å². The lowest BCUT2D eigenvalue weighted by Gasteiger charge is -2.20. The van der Waals surface area contributed by atoms with E-state index in [9.17, 15) is 27.6 Å². The Labute approximate surface area is 187 Å². The van der Waals surface area contributed by atoms with E-state index in [4.69, 9.17) is 0 Å². The molecule has 0 spiro atoms. The van der Waals surface area contributed by atoms with Crippen LogP contribution in [0.5, 0.6) is 0 Å². The van der Waals surface area contributed by atoms with Crippen LogP contribution in [0.3, 0.4) is 0 Å². The topological polar surface area (TPSA) is 66.5 Å². The number of hydrogen-bond acceptors (Lipinski definition) is 4. The standard InChI is InChI=1S/C25H19F3N2O3/c1-30(13-15-6-2-5-9-21(15)25(26,27)28)14-22(31)29-16-10-11-19-20(12-16)24(33)18-8-4-3-7-17(18)23(19)32/h2-12H,13-14H2,1H3,(H,29,31). The Morgan fingerprint density at radius 1 is 0.848 bits per heavy atom. The Morgan fingerprint density at radius 2 is 1.42 bits per heavy atom. The minimum atomic E-state index is -4.48. The summed E-state index contributed by atoms with van der Waals surface area (Å²) in [5.41, 5.74) is 0.756. The summed E-state index contributed by atoms with van der Waals surface area (Å²) in [5.74, 6) is -1.03. The molecule has 3 aromatic rings. The lowest BCUT2D eigenvalue weighted by Crippen LogP contribution is -2.30. The lowest BCUT2D eigenvalue weighted by atomic mass is 9.84. The normalized spacial score (nSPS) is 13.0. The number of anilines is 1. The van der Waals surface area contributed by atoms with E-state index in [2.05, 4.69) is 5.32 Å². The van der Waals surface area contributed by atoms with Crippen LogP contribution in [0.25, 0.3) is 0 Å². The number of nitrogens with zero attached hydrogens (tertiary/aromatic N) is 1. The second-order valence-electron chi connectivity index (χ2n) is 7.84. The minimum absolute atomic E-state index is 0.0665. The highest BCUT2D eigenvalue weighted by Crippen LogP contribution is 2.32. The largest absolute Gasteiger partial charge is 0.416 e. The Hall–Kier alpha value is -3.78. The van der Waals surface area contributed by atoms with E-state index >= 15 is 0 Å². The van der Waals surface area contributed by atoms with Crippen LogP contribution in [-0.2, 0) is 17.5 Å². The number of ketones is 2. The molecule has 0 aromatic heterocycles. The predicted octanol–water partition coefficient (Wildman–Crippen LogP) is 4.55. The quantitative estimate of drug-likeness (QED) is 0.483. The van der Waals surface area contributed by atoms with Crippen molar-refractivity contribution in [3.8, 4) is 0 Å². The summed E-state index contributed by atoms with van der Waals surface area (Å²) in [6.07, 6.45) is -4.48. The summed E-state index contributed by atoms with van der Waals surface area (Å²) in [5, 5.41) is 2.65. The molecule has 33 heavy (non-hydrogen) atoms. The van der Waals surface area contributed by atoms with Gasteiger partial charge in [0.1, 0.15) is 0 Å². The number of amides is 1. The lowest BCUT2D eigenvalue weighted by molar-refractivity contribution is -0.138. The molecule has 0 atom stereocenters. The molecule has 0 fully saturated rings. The number of halogens is 3. The third-order valence-corrected chi connectivity index (χ3v) is 5.39. The second-order valence-corrected chi connectivity index (χ2v) is 7.84. The molecule has 0 heterocycles. The number of alkyl halides is 3. The highest BCUT2D eigenvalue weighted by Gasteiger charge is 2.33. The number of rotatable bonds is 5. The highest BCUT2D eigenvalue weighted by molar-refractivity contribution is 6.28. The van der Waals surface area contributed by atoms with Gasteiger partial charge in [0, 0.05) is 34.5 Å². The molecule has 1 aliphatic carbocycles. The summed E-state index contributed by atoms with van der Waals surface area (Å²) in [7, 11) is 1.54. The molecular weight excluding hydrogens is 433 g/mol. The fourth-order valence-electron chi connectivity index (χ4n) is 3.90. The van der Waals surface area contributed by atoms with Gasteiger partial charge in [0.2, 0.25) is 5.91 Å². The summed E-state index contributed by atoms with van der Waals surface area (Å²) in [6.45, 7) is -0.240. The van der Waals surface area contributed by atoms with Crippen molar-refractivity contribution in [2.24, 2.45) is 0 Å². The number of benzene rings is 3. The summed E-state index contributed by atoms with van der Waals surface area (Å²) >= 11 is 0. The van der Waals surface area contributed by atoms with Crippen molar-refractivity contribution in [2.75, 3.05) is 18.9 Å². The maximum Gasteiger partial charge on any atom is 0.416 e. The van der Waals surface area contributed by atoms with Gasteiger partial charge in [-0.05, 0) is 36.9 Å². The van der Waals surface area contributed by atoms with E-state index in [1.54, 1.807) is 31.3 Å². The maximum atomic E-state index is 13.2. The molecule has 8 heteroatoms. The van der Waals surface area contributed by atoms with Gasteiger partial charge in [-0.15, -0.1) is 0 Å². The molecule has 1 amide bonds. The van der Waals surface area contributed by atoms with Gasteiger partial charge in [0.15, 0.2) is 11.6 Å². The van der Waals surface area contributed by atoms with Crippen molar-refractivity contribution in [1.82, 2.24) is 4.90 Å².